The quantitative estimate of drug-likeness (QED) is 0.178. The summed E-state index contributed by atoms with van der Waals surface area (Å²) in [6.07, 6.45) is 18.7. The molecule has 0 aromatic rings. The van der Waals surface area contributed by atoms with Crippen LogP contribution in [0.4, 0.5) is 0 Å². The van der Waals surface area contributed by atoms with Gasteiger partial charge in [0.25, 0.3) is 0 Å². The Morgan fingerprint density at radius 2 is 1.72 bits per heavy atom. The summed E-state index contributed by atoms with van der Waals surface area (Å²) in [5.74, 6) is 1.61. The zero-order chi connectivity index (χ0) is 21.9. The van der Waals surface area contributed by atoms with Crippen LogP contribution in [0.2, 0.25) is 0 Å². The smallest absolute Gasteiger partial charge is 0.0752 e. The normalized spacial score (nSPS) is 28.3. The highest BCUT2D eigenvalue weighted by Gasteiger charge is 2.30. The van der Waals surface area contributed by atoms with Crippen molar-refractivity contribution in [2.75, 3.05) is 0 Å². The van der Waals surface area contributed by atoms with E-state index in [-0.39, 0.29) is 6.10 Å². The van der Waals surface area contributed by atoms with Gasteiger partial charge >= 0.3 is 0 Å². The molecule has 29 heavy (non-hydrogen) atoms. The molecular weight excluding hydrogens is 375 g/mol. The van der Waals surface area contributed by atoms with Gasteiger partial charge in [0.2, 0.25) is 0 Å². The summed E-state index contributed by atoms with van der Waals surface area (Å²) >= 11 is 0. The third-order valence-corrected chi connectivity index (χ3v) is 8.10. The van der Waals surface area contributed by atoms with E-state index in [1.165, 1.54) is 37.7 Å². The lowest BCUT2D eigenvalue weighted by Crippen LogP contribution is -2.34. The van der Waals surface area contributed by atoms with Crippen molar-refractivity contribution in [2.45, 2.75) is 123 Å². The van der Waals surface area contributed by atoms with E-state index in [0.29, 0.717) is 17.5 Å². The minimum Gasteiger partial charge on any atom is -0.390 e. The molecule has 0 aromatic carbocycles. The highest BCUT2D eigenvalue weighted by Crippen LogP contribution is 2.36. The molecule has 2 N–H and O–H groups in total. The van der Waals surface area contributed by atoms with Crippen LogP contribution in [0.1, 0.15) is 105 Å². The predicted molar refractivity (Wildman–Crippen MR) is 131 cm³/mol. The molecule has 7 atom stereocenters. The Kier molecular flexibility index (Phi) is 13.0. The van der Waals surface area contributed by atoms with Gasteiger partial charge in [-0.3, -0.25) is 0 Å². The first kappa shape index (κ1) is 26.9. The standard InChI is InChI=1S/C26H49O2P/c1-6-7-10-14-20(2)15-13-18-26(5,28)17-12-9-8-11-16-23-19-24(27)21(3)22(4)25(23)29/h8,11,19-22,24-25,27-28H,6-7,9-10,12-18,29H2,1-5H3/b11-8+. The topological polar surface area (TPSA) is 40.5 Å². The van der Waals surface area contributed by atoms with E-state index in [2.05, 4.69) is 55.2 Å². The maximum Gasteiger partial charge on any atom is 0.0752 e. The van der Waals surface area contributed by atoms with Crippen LogP contribution < -0.4 is 0 Å². The van der Waals surface area contributed by atoms with Crippen LogP contribution in [-0.4, -0.2) is 27.6 Å². The lowest BCUT2D eigenvalue weighted by Gasteiger charge is -2.35. The minimum atomic E-state index is -0.524. The molecule has 0 saturated carbocycles. The van der Waals surface area contributed by atoms with E-state index in [1.54, 1.807) is 0 Å². The van der Waals surface area contributed by atoms with E-state index >= 15 is 0 Å². The van der Waals surface area contributed by atoms with E-state index in [1.807, 2.05) is 6.92 Å². The minimum absolute atomic E-state index is 0.311. The SMILES string of the molecule is CCCCCC(C)CCCC(C)(O)CCC/C=C/CC1=CC(O)C(C)C(C)C1P. The largest absolute Gasteiger partial charge is 0.390 e. The summed E-state index contributed by atoms with van der Waals surface area (Å²) in [6, 6.07) is 0. The first-order chi connectivity index (χ1) is 13.7. The van der Waals surface area contributed by atoms with Gasteiger partial charge in [0.1, 0.15) is 0 Å². The highest BCUT2D eigenvalue weighted by molar-refractivity contribution is 7.18. The second kappa shape index (κ2) is 14.0. The zero-order valence-corrected chi connectivity index (χ0v) is 21.0. The number of hydrogen-bond acceptors (Lipinski definition) is 2. The molecule has 0 bridgehead atoms. The van der Waals surface area contributed by atoms with Crippen molar-refractivity contribution in [3.05, 3.63) is 23.8 Å². The fourth-order valence-corrected chi connectivity index (χ4v) is 5.04. The Hall–Kier alpha value is -0.170. The highest BCUT2D eigenvalue weighted by atomic mass is 31.0. The van der Waals surface area contributed by atoms with Crippen molar-refractivity contribution >= 4 is 9.24 Å². The van der Waals surface area contributed by atoms with Gasteiger partial charge < -0.3 is 10.2 Å². The zero-order valence-electron chi connectivity index (χ0n) is 19.9. The monoisotopic (exact) mass is 424 g/mol. The first-order valence-electron chi connectivity index (χ1n) is 12.2. The molecule has 0 amide bonds. The number of aliphatic hydroxyl groups excluding tert-OH is 1. The van der Waals surface area contributed by atoms with Crippen molar-refractivity contribution in [1.82, 2.24) is 0 Å². The molecule has 0 aliphatic heterocycles. The van der Waals surface area contributed by atoms with Crippen LogP contribution in [0.25, 0.3) is 0 Å². The van der Waals surface area contributed by atoms with Gasteiger partial charge in [0.15, 0.2) is 0 Å². The molecule has 1 rings (SSSR count). The van der Waals surface area contributed by atoms with Crippen molar-refractivity contribution in [1.29, 1.82) is 0 Å². The molecule has 0 heterocycles. The third-order valence-electron chi connectivity index (χ3n) is 7.07. The second-order valence-corrected chi connectivity index (χ2v) is 10.8. The van der Waals surface area contributed by atoms with E-state index in [0.717, 1.165) is 44.4 Å². The van der Waals surface area contributed by atoms with Crippen LogP contribution in [0, 0.1) is 17.8 Å². The van der Waals surface area contributed by atoms with Gasteiger partial charge in [-0.05, 0) is 62.4 Å². The lowest BCUT2D eigenvalue weighted by molar-refractivity contribution is 0.0366. The summed E-state index contributed by atoms with van der Waals surface area (Å²) in [4.78, 5) is 0. The van der Waals surface area contributed by atoms with Crippen LogP contribution in [0.5, 0.6) is 0 Å². The van der Waals surface area contributed by atoms with E-state index in [4.69, 9.17) is 0 Å². The molecule has 2 nitrogen and oxygen atoms in total. The molecule has 0 saturated heterocycles. The van der Waals surface area contributed by atoms with Gasteiger partial charge in [-0.25, -0.2) is 0 Å². The molecule has 7 unspecified atom stereocenters. The summed E-state index contributed by atoms with van der Waals surface area (Å²) in [6.45, 7) is 11.0. The third kappa shape index (κ3) is 10.6. The Morgan fingerprint density at radius 3 is 2.41 bits per heavy atom. The molecule has 3 heteroatoms. The molecule has 1 aliphatic carbocycles. The fraction of sp³-hybridized carbons (Fsp3) is 0.846. The van der Waals surface area contributed by atoms with Crippen LogP contribution in [0.3, 0.4) is 0 Å². The molecule has 0 spiro atoms. The maximum atomic E-state index is 10.7. The molecule has 170 valence electrons. The Morgan fingerprint density at radius 1 is 1.07 bits per heavy atom. The van der Waals surface area contributed by atoms with Crippen LogP contribution in [-0.2, 0) is 0 Å². The van der Waals surface area contributed by atoms with Gasteiger partial charge in [-0.1, -0.05) is 90.0 Å². The average Bonchev–Trinajstić information content (AvgIpc) is 2.66. The van der Waals surface area contributed by atoms with Crippen molar-refractivity contribution in [2.24, 2.45) is 17.8 Å². The van der Waals surface area contributed by atoms with Gasteiger partial charge in [0.05, 0.1) is 11.7 Å². The summed E-state index contributed by atoms with van der Waals surface area (Å²) in [7, 11) is 2.96. The average molecular weight is 425 g/mol. The van der Waals surface area contributed by atoms with Gasteiger partial charge in [-0.15, -0.1) is 9.24 Å². The van der Waals surface area contributed by atoms with E-state index in [9.17, 15) is 10.2 Å². The fourth-order valence-electron chi connectivity index (χ4n) is 4.44. The Bertz CT molecular complexity index is 497. The molecule has 0 aromatic heterocycles. The number of hydrogen-bond donors (Lipinski definition) is 2. The van der Waals surface area contributed by atoms with Gasteiger partial charge in [0, 0.05) is 0 Å². The van der Waals surface area contributed by atoms with Crippen molar-refractivity contribution in [3.8, 4) is 0 Å². The number of unbranched alkanes of at least 4 members (excludes halogenated alkanes) is 3. The summed E-state index contributed by atoms with van der Waals surface area (Å²) in [5, 5.41) is 20.8. The number of aliphatic hydroxyl groups is 2. The first-order valence-corrected chi connectivity index (χ1v) is 12.9. The van der Waals surface area contributed by atoms with Crippen LogP contribution >= 0.6 is 9.24 Å². The lowest BCUT2D eigenvalue weighted by atomic mass is 9.78. The van der Waals surface area contributed by atoms with E-state index < -0.39 is 5.60 Å². The maximum absolute atomic E-state index is 10.7. The van der Waals surface area contributed by atoms with Crippen molar-refractivity contribution < 1.29 is 10.2 Å². The summed E-state index contributed by atoms with van der Waals surface area (Å²) in [5.41, 5.74) is 1.27. The molecule has 0 radical (unpaired) electrons. The summed E-state index contributed by atoms with van der Waals surface area (Å²) < 4.78 is 0. The number of allylic oxidation sites excluding steroid dienone is 3. The van der Waals surface area contributed by atoms with Crippen LogP contribution in [0.15, 0.2) is 23.8 Å². The Labute approximate surface area is 183 Å². The molecule has 0 fully saturated rings. The van der Waals surface area contributed by atoms with Crippen molar-refractivity contribution in [3.63, 3.8) is 0 Å². The Balaban J connectivity index is 2.21. The molecular formula is C26H49O2P. The number of rotatable bonds is 14. The molecule has 1 aliphatic rings. The van der Waals surface area contributed by atoms with Gasteiger partial charge in [-0.2, -0.15) is 0 Å². The second-order valence-electron chi connectivity index (χ2n) is 10.0. The predicted octanol–water partition coefficient (Wildman–Crippen LogP) is 7.06.